The number of hydrogen-bond donors (Lipinski definition) is 1. The Morgan fingerprint density at radius 1 is 1.32 bits per heavy atom. The van der Waals surface area contributed by atoms with Crippen LogP contribution in [0, 0.1) is 0 Å². The van der Waals surface area contributed by atoms with Gasteiger partial charge >= 0.3 is 0 Å². The number of pyridine rings is 1. The third-order valence-electron chi connectivity index (χ3n) is 4.49. The van der Waals surface area contributed by atoms with Crippen molar-refractivity contribution in [2.45, 2.75) is 5.88 Å². The van der Waals surface area contributed by atoms with E-state index in [1.165, 1.54) is 11.3 Å². The van der Waals surface area contributed by atoms with Gasteiger partial charge in [0.2, 0.25) is 0 Å². The molecule has 1 aliphatic heterocycles. The Morgan fingerprint density at radius 2 is 2.07 bits per heavy atom. The Morgan fingerprint density at radius 3 is 2.75 bits per heavy atom. The zero-order chi connectivity index (χ0) is 19.5. The minimum Gasteiger partial charge on any atom is -0.493 e. The highest BCUT2D eigenvalue weighted by Crippen LogP contribution is 2.38. The maximum Gasteiger partial charge on any atom is 0.257 e. The lowest BCUT2D eigenvalue weighted by Crippen LogP contribution is -2.36. The topological polar surface area (TPSA) is 76.6 Å². The number of nitrogens with one attached hydrogen (secondary N) is 1. The smallest absolute Gasteiger partial charge is 0.257 e. The van der Waals surface area contributed by atoms with Crippen molar-refractivity contribution in [1.82, 2.24) is 9.97 Å². The third kappa shape index (κ3) is 3.76. The van der Waals surface area contributed by atoms with Crippen molar-refractivity contribution in [3.05, 3.63) is 41.6 Å². The number of fused-ring (bicyclic) bond motifs is 1. The minimum atomic E-state index is -0.222. The van der Waals surface area contributed by atoms with E-state index in [4.69, 9.17) is 21.1 Å². The lowest BCUT2D eigenvalue weighted by Gasteiger charge is -2.28. The molecule has 146 valence electrons. The van der Waals surface area contributed by atoms with Gasteiger partial charge in [0, 0.05) is 24.5 Å². The number of benzene rings is 1. The summed E-state index contributed by atoms with van der Waals surface area (Å²) in [6.45, 7) is 2.85. The summed E-state index contributed by atoms with van der Waals surface area (Å²) in [6.07, 6.45) is 1.67. The number of morpholine rings is 1. The monoisotopic (exact) mass is 418 g/mol. The number of aromatic nitrogens is 2. The lowest BCUT2D eigenvalue weighted by atomic mass is 10.1. The fourth-order valence-corrected chi connectivity index (χ4v) is 4.16. The molecule has 1 aromatic carbocycles. The van der Waals surface area contributed by atoms with Gasteiger partial charge in [-0.05, 0) is 17.7 Å². The van der Waals surface area contributed by atoms with Crippen LogP contribution in [0.5, 0.6) is 5.75 Å². The van der Waals surface area contributed by atoms with Crippen LogP contribution in [0.3, 0.4) is 0 Å². The number of hydrogen-bond acceptors (Lipinski definition) is 7. The van der Waals surface area contributed by atoms with Gasteiger partial charge < -0.3 is 14.4 Å². The zero-order valence-corrected chi connectivity index (χ0v) is 16.8. The van der Waals surface area contributed by atoms with Crippen molar-refractivity contribution in [3.63, 3.8) is 0 Å². The standard InChI is InChI=1S/C19H19ClN4O3S/c1-26-14-11-21-17(24-6-8-27-9-7-24)16-15(14)22-19(28-16)23-18(25)13-4-2-12(10-20)3-5-13/h2-5,11H,6-10H2,1H3,(H,22,23,25). The molecule has 1 amide bonds. The minimum absolute atomic E-state index is 0.222. The predicted octanol–water partition coefficient (Wildman–Crippen LogP) is 3.53. The van der Waals surface area contributed by atoms with Gasteiger partial charge in [-0.25, -0.2) is 9.97 Å². The molecule has 3 heterocycles. The van der Waals surface area contributed by atoms with Gasteiger partial charge in [-0.1, -0.05) is 23.5 Å². The van der Waals surface area contributed by atoms with E-state index < -0.39 is 0 Å². The van der Waals surface area contributed by atoms with Crippen molar-refractivity contribution >= 4 is 50.0 Å². The molecule has 1 N–H and O–H groups in total. The molecule has 0 saturated carbocycles. The van der Waals surface area contributed by atoms with Crippen LogP contribution in [0.1, 0.15) is 15.9 Å². The number of amides is 1. The Hall–Kier alpha value is -2.42. The van der Waals surface area contributed by atoms with E-state index >= 15 is 0 Å². The maximum absolute atomic E-state index is 12.6. The van der Waals surface area contributed by atoms with Crippen molar-refractivity contribution in [2.75, 3.05) is 43.6 Å². The van der Waals surface area contributed by atoms with E-state index in [1.54, 1.807) is 25.4 Å². The fraction of sp³-hybridized carbons (Fsp3) is 0.316. The number of nitrogens with zero attached hydrogens (tertiary/aromatic N) is 3. The summed E-state index contributed by atoms with van der Waals surface area (Å²) >= 11 is 7.19. The average Bonchev–Trinajstić information content (AvgIpc) is 3.17. The molecule has 28 heavy (non-hydrogen) atoms. The molecule has 9 heteroatoms. The highest BCUT2D eigenvalue weighted by Gasteiger charge is 2.21. The summed E-state index contributed by atoms with van der Waals surface area (Å²) in [5.74, 6) is 1.61. The second-order valence-corrected chi connectivity index (χ2v) is 7.50. The molecule has 0 unspecified atom stereocenters. The highest BCUT2D eigenvalue weighted by molar-refractivity contribution is 7.23. The van der Waals surface area contributed by atoms with Crippen molar-refractivity contribution in [3.8, 4) is 5.75 Å². The van der Waals surface area contributed by atoms with Gasteiger partial charge in [0.25, 0.3) is 5.91 Å². The number of anilines is 2. The van der Waals surface area contributed by atoms with Crippen LogP contribution in [0.15, 0.2) is 30.5 Å². The molecule has 0 spiro atoms. The van der Waals surface area contributed by atoms with Gasteiger partial charge in [-0.3, -0.25) is 10.1 Å². The van der Waals surface area contributed by atoms with Crippen molar-refractivity contribution < 1.29 is 14.3 Å². The average molecular weight is 419 g/mol. The maximum atomic E-state index is 12.6. The van der Waals surface area contributed by atoms with Crippen molar-refractivity contribution in [2.24, 2.45) is 0 Å². The molecule has 3 aromatic rings. The zero-order valence-electron chi connectivity index (χ0n) is 15.3. The Kier molecular flexibility index (Phi) is 5.61. The number of rotatable bonds is 5. The molecule has 0 bridgehead atoms. The third-order valence-corrected chi connectivity index (χ3v) is 5.76. The number of carbonyl (C=O) groups excluding carboxylic acids is 1. The van der Waals surface area contributed by atoms with Crippen LogP contribution in [-0.4, -0.2) is 49.3 Å². The number of alkyl halides is 1. The first-order valence-corrected chi connectivity index (χ1v) is 10.2. The van der Waals surface area contributed by atoms with Gasteiger partial charge in [-0.2, -0.15) is 0 Å². The van der Waals surface area contributed by atoms with E-state index in [1.807, 2.05) is 12.1 Å². The molecule has 0 radical (unpaired) electrons. The van der Waals surface area contributed by atoms with Gasteiger partial charge in [-0.15, -0.1) is 11.6 Å². The molecular weight excluding hydrogens is 400 g/mol. The summed E-state index contributed by atoms with van der Waals surface area (Å²) in [5.41, 5.74) is 2.20. The van der Waals surface area contributed by atoms with Crippen LogP contribution in [-0.2, 0) is 10.6 Å². The molecule has 2 aromatic heterocycles. The first kappa shape index (κ1) is 18.9. The summed E-state index contributed by atoms with van der Waals surface area (Å²) in [4.78, 5) is 23.9. The number of carbonyl (C=O) groups is 1. The van der Waals surface area contributed by atoms with E-state index in [0.29, 0.717) is 41.1 Å². The molecule has 1 saturated heterocycles. The fourth-order valence-electron chi connectivity index (χ4n) is 3.00. The number of halogens is 1. The van der Waals surface area contributed by atoms with Crippen LogP contribution in [0.25, 0.3) is 10.2 Å². The Bertz CT molecular complexity index is 987. The second-order valence-electron chi connectivity index (χ2n) is 6.23. The largest absolute Gasteiger partial charge is 0.493 e. The van der Waals surface area contributed by atoms with Crippen LogP contribution < -0.4 is 15.0 Å². The summed E-state index contributed by atoms with van der Waals surface area (Å²) in [5, 5.41) is 3.38. The first-order valence-electron chi connectivity index (χ1n) is 8.82. The second kappa shape index (κ2) is 8.30. The molecule has 0 atom stereocenters. The Balaban J connectivity index is 1.64. The van der Waals surface area contributed by atoms with E-state index in [9.17, 15) is 4.79 Å². The molecular formula is C19H19ClN4O3S. The van der Waals surface area contributed by atoms with E-state index in [0.717, 1.165) is 29.2 Å². The van der Waals surface area contributed by atoms with Gasteiger partial charge in [0.05, 0.1) is 26.5 Å². The van der Waals surface area contributed by atoms with E-state index in [2.05, 4.69) is 20.2 Å². The van der Waals surface area contributed by atoms with Crippen LogP contribution >= 0.6 is 22.9 Å². The van der Waals surface area contributed by atoms with Gasteiger partial charge in [0.15, 0.2) is 10.9 Å². The summed E-state index contributed by atoms with van der Waals surface area (Å²) < 4.78 is 11.7. The van der Waals surface area contributed by atoms with Gasteiger partial charge in [0.1, 0.15) is 16.0 Å². The van der Waals surface area contributed by atoms with Crippen LogP contribution in [0.4, 0.5) is 10.9 Å². The molecule has 1 aliphatic rings. The predicted molar refractivity (Wildman–Crippen MR) is 111 cm³/mol. The molecule has 4 rings (SSSR count). The number of thiazole rings is 1. The molecule has 7 nitrogen and oxygen atoms in total. The van der Waals surface area contributed by atoms with Crippen molar-refractivity contribution in [1.29, 1.82) is 0 Å². The summed E-state index contributed by atoms with van der Waals surface area (Å²) in [7, 11) is 1.58. The normalized spacial score (nSPS) is 14.3. The highest BCUT2D eigenvalue weighted by atomic mass is 35.5. The molecule has 0 aliphatic carbocycles. The van der Waals surface area contributed by atoms with Crippen LogP contribution in [0.2, 0.25) is 0 Å². The van der Waals surface area contributed by atoms with E-state index in [-0.39, 0.29) is 5.91 Å². The first-order chi connectivity index (χ1) is 13.7. The summed E-state index contributed by atoms with van der Waals surface area (Å²) in [6, 6.07) is 7.18. The number of ether oxygens (including phenoxy) is 2. The SMILES string of the molecule is COc1cnc(N2CCOCC2)c2sc(NC(=O)c3ccc(CCl)cc3)nc12. The number of methoxy groups -OCH3 is 1. The molecule has 1 fully saturated rings. The Labute approximate surface area is 171 Å². The quantitative estimate of drug-likeness (QED) is 0.639. The lowest BCUT2D eigenvalue weighted by molar-refractivity contribution is 0.102.